The van der Waals surface area contributed by atoms with E-state index in [0.717, 1.165) is 17.6 Å². The van der Waals surface area contributed by atoms with Gasteiger partial charge in [-0.05, 0) is 24.8 Å². The molecule has 1 aliphatic rings. The van der Waals surface area contributed by atoms with Crippen molar-refractivity contribution in [1.82, 2.24) is 9.97 Å². The van der Waals surface area contributed by atoms with Crippen molar-refractivity contribution in [1.29, 1.82) is 0 Å². The monoisotopic (exact) mass is 268 g/mol. The minimum absolute atomic E-state index is 0.446. The molecule has 18 heavy (non-hydrogen) atoms. The molecule has 1 heterocycles. The van der Waals surface area contributed by atoms with Crippen LogP contribution in [0.2, 0.25) is 0 Å². The quantitative estimate of drug-likeness (QED) is 0.853. The predicted octanol–water partition coefficient (Wildman–Crippen LogP) is 2.75. The van der Waals surface area contributed by atoms with Gasteiger partial charge in [0.05, 0.1) is 0 Å². The summed E-state index contributed by atoms with van der Waals surface area (Å²) in [6, 6.07) is 2.37. The van der Waals surface area contributed by atoms with Crippen LogP contribution < -0.4 is 10.2 Å². The van der Waals surface area contributed by atoms with Gasteiger partial charge in [-0.2, -0.15) is 4.98 Å². The molecule has 1 fully saturated rings. The van der Waals surface area contributed by atoms with Crippen molar-refractivity contribution in [2.75, 3.05) is 30.2 Å². The standard InChI is InChI=1S/C13H21ClN4/c1-18(2)13-15-8-7-12(17-13)16-11-6-4-3-5-10(11)9-14/h7-8,10-11H,3-6,9H2,1-2H3,(H,15,16,17). The summed E-state index contributed by atoms with van der Waals surface area (Å²) in [5.41, 5.74) is 0. The Morgan fingerprint density at radius 3 is 2.89 bits per heavy atom. The van der Waals surface area contributed by atoms with Gasteiger partial charge in [0.2, 0.25) is 5.95 Å². The Kier molecular flexibility index (Phi) is 4.64. The summed E-state index contributed by atoms with van der Waals surface area (Å²) in [5.74, 6) is 2.91. The molecule has 5 heteroatoms. The zero-order chi connectivity index (χ0) is 13.0. The molecular weight excluding hydrogens is 248 g/mol. The third kappa shape index (κ3) is 3.25. The molecule has 4 nitrogen and oxygen atoms in total. The van der Waals surface area contributed by atoms with E-state index in [-0.39, 0.29) is 0 Å². The number of rotatable bonds is 4. The molecule has 0 aromatic carbocycles. The SMILES string of the molecule is CN(C)c1nccc(NC2CCCCC2CCl)n1. The minimum Gasteiger partial charge on any atom is -0.367 e. The molecule has 1 saturated carbocycles. The van der Waals surface area contributed by atoms with Gasteiger partial charge >= 0.3 is 0 Å². The molecule has 0 spiro atoms. The first-order chi connectivity index (χ1) is 8.70. The summed E-state index contributed by atoms with van der Waals surface area (Å²) in [6.07, 6.45) is 6.76. The summed E-state index contributed by atoms with van der Waals surface area (Å²) in [5, 5.41) is 3.51. The van der Waals surface area contributed by atoms with Crippen molar-refractivity contribution in [3.05, 3.63) is 12.3 Å². The highest BCUT2D eigenvalue weighted by atomic mass is 35.5. The second-order valence-electron chi connectivity index (χ2n) is 5.09. The number of alkyl halides is 1. The molecule has 1 aromatic rings. The van der Waals surface area contributed by atoms with Gasteiger partial charge in [0, 0.05) is 32.2 Å². The van der Waals surface area contributed by atoms with E-state index in [2.05, 4.69) is 15.3 Å². The number of nitrogens with zero attached hydrogens (tertiary/aromatic N) is 3. The highest BCUT2D eigenvalue weighted by molar-refractivity contribution is 6.18. The van der Waals surface area contributed by atoms with Crippen LogP contribution in [0.25, 0.3) is 0 Å². The van der Waals surface area contributed by atoms with Gasteiger partial charge in [0.15, 0.2) is 0 Å². The molecule has 2 unspecified atom stereocenters. The van der Waals surface area contributed by atoms with Crippen LogP contribution in [-0.2, 0) is 0 Å². The van der Waals surface area contributed by atoms with Crippen LogP contribution in [-0.4, -0.2) is 36.0 Å². The summed E-state index contributed by atoms with van der Waals surface area (Å²) >= 11 is 6.04. The first-order valence-corrected chi connectivity index (χ1v) is 7.07. The smallest absolute Gasteiger partial charge is 0.226 e. The fourth-order valence-corrected chi connectivity index (χ4v) is 2.79. The number of aromatic nitrogens is 2. The maximum Gasteiger partial charge on any atom is 0.226 e. The van der Waals surface area contributed by atoms with Gasteiger partial charge in [0.1, 0.15) is 5.82 Å². The molecule has 0 saturated heterocycles. The second-order valence-corrected chi connectivity index (χ2v) is 5.39. The summed E-state index contributed by atoms with van der Waals surface area (Å²) in [7, 11) is 3.89. The average molecular weight is 269 g/mol. The van der Waals surface area contributed by atoms with Crippen molar-refractivity contribution in [2.24, 2.45) is 5.92 Å². The van der Waals surface area contributed by atoms with E-state index in [9.17, 15) is 0 Å². The van der Waals surface area contributed by atoms with E-state index < -0.39 is 0 Å². The largest absolute Gasteiger partial charge is 0.367 e. The Balaban J connectivity index is 2.05. The Hall–Kier alpha value is -1.03. The van der Waals surface area contributed by atoms with Gasteiger partial charge in [-0.3, -0.25) is 0 Å². The maximum atomic E-state index is 6.04. The van der Waals surface area contributed by atoms with Gasteiger partial charge in [-0.15, -0.1) is 11.6 Å². The topological polar surface area (TPSA) is 41.1 Å². The molecule has 0 bridgehead atoms. The first-order valence-electron chi connectivity index (χ1n) is 6.53. The Morgan fingerprint density at radius 2 is 2.17 bits per heavy atom. The van der Waals surface area contributed by atoms with E-state index >= 15 is 0 Å². The van der Waals surface area contributed by atoms with E-state index in [1.165, 1.54) is 25.7 Å². The molecule has 0 radical (unpaired) electrons. The molecule has 100 valence electrons. The number of hydrogen-bond acceptors (Lipinski definition) is 4. The Morgan fingerprint density at radius 1 is 1.39 bits per heavy atom. The molecule has 0 aliphatic heterocycles. The average Bonchev–Trinajstić information content (AvgIpc) is 2.39. The van der Waals surface area contributed by atoms with Crippen LogP contribution in [0.3, 0.4) is 0 Å². The van der Waals surface area contributed by atoms with Crippen molar-refractivity contribution in [2.45, 2.75) is 31.7 Å². The zero-order valence-electron chi connectivity index (χ0n) is 11.1. The third-order valence-corrected chi connectivity index (χ3v) is 3.88. The lowest BCUT2D eigenvalue weighted by Crippen LogP contribution is -2.33. The Bertz CT molecular complexity index is 383. The van der Waals surface area contributed by atoms with E-state index in [4.69, 9.17) is 11.6 Å². The first kappa shape index (κ1) is 13.4. The van der Waals surface area contributed by atoms with Crippen LogP contribution in [0.4, 0.5) is 11.8 Å². The van der Waals surface area contributed by atoms with Crippen molar-refractivity contribution in [3.63, 3.8) is 0 Å². The van der Waals surface area contributed by atoms with E-state index in [0.29, 0.717) is 12.0 Å². The summed E-state index contributed by atoms with van der Waals surface area (Å²) in [6.45, 7) is 0. The molecule has 1 aliphatic carbocycles. The number of anilines is 2. The van der Waals surface area contributed by atoms with Crippen LogP contribution in [0, 0.1) is 5.92 Å². The summed E-state index contributed by atoms with van der Waals surface area (Å²) < 4.78 is 0. The molecule has 2 rings (SSSR count). The fourth-order valence-electron chi connectivity index (χ4n) is 2.42. The zero-order valence-corrected chi connectivity index (χ0v) is 11.8. The van der Waals surface area contributed by atoms with Crippen LogP contribution in [0.15, 0.2) is 12.3 Å². The maximum absolute atomic E-state index is 6.04. The summed E-state index contributed by atoms with van der Waals surface area (Å²) in [4.78, 5) is 10.6. The number of nitrogens with one attached hydrogen (secondary N) is 1. The van der Waals surface area contributed by atoms with Gasteiger partial charge in [-0.25, -0.2) is 4.98 Å². The number of hydrogen-bond donors (Lipinski definition) is 1. The molecule has 2 atom stereocenters. The fraction of sp³-hybridized carbons (Fsp3) is 0.692. The molecular formula is C13H21ClN4. The highest BCUT2D eigenvalue weighted by Crippen LogP contribution is 2.27. The normalized spacial score (nSPS) is 23.7. The van der Waals surface area contributed by atoms with E-state index in [1.807, 2.05) is 25.1 Å². The number of halogens is 1. The Labute approximate surface area is 114 Å². The highest BCUT2D eigenvalue weighted by Gasteiger charge is 2.24. The van der Waals surface area contributed by atoms with Crippen LogP contribution >= 0.6 is 11.6 Å². The van der Waals surface area contributed by atoms with Gasteiger partial charge < -0.3 is 10.2 Å². The van der Waals surface area contributed by atoms with Crippen LogP contribution in [0.5, 0.6) is 0 Å². The van der Waals surface area contributed by atoms with Crippen molar-refractivity contribution in [3.8, 4) is 0 Å². The lowest BCUT2D eigenvalue weighted by Gasteiger charge is -2.31. The van der Waals surface area contributed by atoms with Gasteiger partial charge in [0.25, 0.3) is 0 Å². The second kappa shape index (κ2) is 6.23. The molecule has 0 amide bonds. The van der Waals surface area contributed by atoms with Gasteiger partial charge in [-0.1, -0.05) is 12.8 Å². The molecule has 1 aromatic heterocycles. The minimum atomic E-state index is 0.446. The van der Waals surface area contributed by atoms with Crippen LogP contribution in [0.1, 0.15) is 25.7 Å². The third-order valence-electron chi connectivity index (χ3n) is 3.48. The van der Waals surface area contributed by atoms with Crippen molar-refractivity contribution >= 4 is 23.4 Å². The lowest BCUT2D eigenvalue weighted by atomic mass is 9.86. The lowest BCUT2D eigenvalue weighted by molar-refractivity contribution is 0.352. The van der Waals surface area contributed by atoms with E-state index in [1.54, 1.807) is 6.20 Å². The predicted molar refractivity (Wildman–Crippen MR) is 76.4 cm³/mol. The molecule has 1 N–H and O–H groups in total. The van der Waals surface area contributed by atoms with Crippen molar-refractivity contribution < 1.29 is 0 Å².